The molecule has 128 valence electrons. The Morgan fingerprint density at radius 3 is 2.08 bits per heavy atom. The first kappa shape index (κ1) is 17.7. The predicted octanol–water partition coefficient (Wildman–Crippen LogP) is 5.02. The van der Waals surface area contributed by atoms with Crippen LogP contribution in [0.1, 0.15) is 22.3 Å². The van der Waals surface area contributed by atoms with E-state index in [-0.39, 0.29) is 0 Å². The van der Waals surface area contributed by atoms with Crippen molar-refractivity contribution in [1.29, 1.82) is 0 Å². The monoisotopic (exact) mass is 338 g/mol. The summed E-state index contributed by atoms with van der Waals surface area (Å²) in [5.41, 5.74) is 2.84. The van der Waals surface area contributed by atoms with Crippen molar-refractivity contribution in [2.24, 2.45) is 0 Å². The quantitative estimate of drug-likeness (QED) is 0.733. The molecule has 0 saturated heterocycles. The lowest BCUT2D eigenvalue weighted by atomic mass is 10.1. The van der Waals surface area contributed by atoms with Crippen molar-refractivity contribution >= 4 is 17.5 Å². The number of nitrogens with one attached hydrogen (secondary N) is 2. The van der Waals surface area contributed by atoms with Crippen molar-refractivity contribution in [3.8, 4) is 0 Å². The average Bonchev–Trinajstić information content (AvgIpc) is 2.48. The molecule has 3 N–H and O–H groups in total. The molecule has 2 aromatic carbocycles. The molecular formula is C17H17F3N2O2. The summed E-state index contributed by atoms with van der Waals surface area (Å²) in [5.74, 6) is 0. The SMILES string of the molecule is Cc1cc(NCc2ccc(C(F)(F)F)cc2)cc(C)c1NC(=O)O. The van der Waals surface area contributed by atoms with E-state index in [1.54, 1.807) is 26.0 Å². The van der Waals surface area contributed by atoms with Gasteiger partial charge in [0.25, 0.3) is 0 Å². The van der Waals surface area contributed by atoms with Crippen LogP contribution in [0.15, 0.2) is 36.4 Å². The van der Waals surface area contributed by atoms with E-state index < -0.39 is 17.8 Å². The molecule has 0 unspecified atom stereocenters. The van der Waals surface area contributed by atoms with Crippen LogP contribution in [0.3, 0.4) is 0 Å². The van der Waals surface area contributed by atoms with Crippen molar-refractivity contribution in [2.45, 2.75) is 26.6 Å². The van der Waals surface area contributed by atoms with Crippen LogP contribution in [0.5, 0.6) is 0 Å². The zero-order valence-corrected chi connectivity index (χ0v) is 13.2. The number of hydrogen-bond donors (Lipinski definition) is 3. The van der Waals surface area contributed by atoms with Gasteiger partial charge in [-0.05, 0) is 54.8 Å². The Kier molecular flexibility index (Phi) is 5.02. The summed E-state index contributed by atoms with van der Waals surface area (Å²) in [4.78, 5) is 10.8. The first-order chi connectivity index (χ1) is 11.2. The molecule has 0 spiro atoms. The molecular weight excluding hydrogens is 321 g/mol. The molecule has 0 aliphatic carbocycles. The molecule has 0 saturated carbocycles. The van der Waals surface area contributed by atoms with E-state index in [4.69, 9.17) is 5.11 Å². The van der Waals surface area contributed by atoms with Crippen LogP contribution >= 0.6 is 0 Å². The molecule has 0 atom stereocenters. The molecule has 0 radical (unpaired) electrons. The zero-order chi connectivity index (χ0) is 17.9. The lowest BCUT2D eigenvalue weighted by Gasteiger charge is -2.14. The van der Waals surface area contributed by atoms with Gasteiger partial charge in [0.15, 0.2) is 0 Å². The fraction of sp³-hybridized carbons (Fsp3) is 0.235. The zero-order valence-electron chi connectivity index (χ0n) is 13.2. The van der Waals surface area contributed by atoms with Crippen LogP contribution in [0.4, 0.5) is 29.3 Å². The summed E-state index contributed by atoms with van der Waals surface area (Å²) >= 11 is 0. The molecule has 0 aliphatic rings. The van der Waals surface area contributed by atoms with Gasteiger partial charge in [-0.15, -0.1) is 0 Å². The maximum atomic E-state index is 12.5. The third-order valence-electron chi connectivity index (χ3n) is 3.54. The second kappa shape index (κ2) is 6.82. The number of rotatable bonds is 4. The number of hydrogen-bond acceptors (Lipinski definition) is 2. The van der Waals surface area contributed by atoms with Gasteiger partial charge in [-0.25, -0.2) is 4.79 Å². The van der Waals surface area contributed by atoms with E-state index in [2.05, 4.69) is 10.6 Å². The fourth-order valence-electron chi connectivity index (χ4n) is 2.39. The molecule has 0 aliphatic heterocycles. The Hall–Kier alpha value is -2.70. The van der Waals surface area contributed by atoms with Crippen LogP contribution in [0.2, 0.25) is 0 Å². The van der Waals surface area contributed by atoms with Crippen LogP contribution in [-0.2, 0) is 12.7 Å². The Morgan fingerprint density at radius 2 is 1.62 bits per heavy atom. The number of carbonyl (C=O) groups is 1. The number of alkyl halides is 3. The molecule has 2 aromatic rings. The van der Waals surface area contributed by atoms with Crippen molar-refractivity contribution in [3.63, 3.8) is 0 Å². The van der Waals surface area contributed by atoms with Gasteiger partial charge < -0.3 is 10.4 Å². The highest BCUT2D eigenvalue weighted by atomic mass is 19.4. The van der Waals surface area contributed by atoms with Gasteiger partial charge in [-0.3, -0.25) is 5.32 Å². The van der Waals surface area contributed by atoms with E-state index in [1.165, 1.54) is 12.1 Å². The minimum atomic E-state index is -4.34. The lowest BCUT2D eigenvalue weighted by molar-refractivity contribution is -0.137. The minimum absolute atomic E-state index is 0.364. The maximum Gasteiger partial charge on any atom is 0.416 e. The van der Waals surface area contributed by atoms with Crippen molar-refractivity contribution in [3.05, 3.63) is 58.7 Å². The number of amides is 1. The largest absolute Gasteiger partial charge is 0.465 e. The minimum Gasteiger partial charge on any atom is -0.465 e. The second-order valence-corrected chi connectivity index (χ2v) is 5.46. The molecule has 2 rings (SSSR count). The van der Waals surface area contributed by atoms with Gasteiger partial charge in [0.05, 0.1) is 5.56 Å². The van der Waals surface area contributed by atoms with Crippen LogP contribution in [0.25, 0.3) is 0 Å². The Balaban J connectivity index is 2.08. The highest BCUT2D eigenvalue weighted by Crippen LogP contribution is 2.29. The maximum absolute atomic E-state index is 12.5. The molecule has 4 nitrogen and oxygen atoms in total. The Morgan fingerprint density at radius 1 is 1.08 bits per heavy atom. The van der Waals surface area contributed by atoms with Crippen LogP contribution in [0, 0.1) is 13.8 Å². The average molecular weight is 338 g/mol. The number of halogens is 3. The number of aryl methyl sites for hydroxylation is 2. The van der Waals surface area contributed by atoms with Gasteiger partial charge in [0, 0.05) is 17.9 Å². The van der Waals surface area contributed by atoms with Gasteiger partial charge in [-0.2, -0.15) is 13.2 Å². The summed E-state index contributed by atoms with van der Waals surface area (Å²) in [7, 11) is 0. The van der Waals surface area contributed by atoms with E-state index in [0.29, 0.717) is 17.8 Å². The summed E-state index contributed by atoms with van der Waals surface area (Å²) < 4.78 is 37.6. The molecule has 7 heteroatoms. The van der Waals surface area contributed by atoms with E-state index in [1.807, 2.05) is 0 Å². The summed E-state index contributed by atoms with van der Waals surface area (Å²) in [6.07, 6.45) is -5.47. The topological polar surface area (TPSA) is 61.4 Å². The molecule has 24 heavy (non-hydrogen) atoms. The van der Waals surface area contributed by atoms with Gasteiger partial charge >= 0.3 is 12.3 Å². The molecule has 1 amide bonds. The normalized spacial score (nSPS) is 11.2. The highest BCUT2D eigenvalue weighted by Gasteiger charge is 2.29. The summed E-state index contributed by atoms with van der Waals surface area (Å²) in [5, 5.41) is 14.3. The number of carboxylic acid groups (broad SMARTS) is 1. The summed E-state index contributed by atoms with van der Waals surface area (Å²) in [6, 6.07) is 8.51. The molecule has 0 bridgehead atoms. The van der Waals surface area contributed by atoms with Crippen LogP contribution < -0.4 is 10.6 Å². The van der Waals surface area contributed by atoms with Crippen LogP contribution in [-0.4, -0.2) is 11.2 Å². The lowest BCUT2D eigenvalue weighted by Crippen LogP contribution is -2.10. The number of anilines is 2. The second-order valence-electron chi connectivity index (χ2n) is 5.46. The van der Waals surface area contributed by atoms with Crippen molar-refractivity contribution < 1.29 is 23.1 Å². The standard InChI is InChI=1S/C17H17F3N2O2/c1-10-7-14(8-11(2)15(10)22-16(23)24)21-9-12-3-5-13(6-4-12)17(18,19)20/h3-8,21-22H,9H2,1-2H3,(H,23,24). The van der Waals surface area contributed by atoms with Gasteiger partial charge in [0.1, 0.15) is 0 Å². The molecule has 0 aromatic heterocycles. The third-order valence-corrected chi connectivity index (χ3v) is 3.54. The van der Waals surface area contributed by atoms with E-state index in [0.717, 1.165) is 28.9 Å². The first-order valence-corrected chi connectivity index (χ1v) is 7.18. The van der Waals surface area contributed by atoms with E-state index in [9.17, 15) is 18.0 Å². The highest BCUT2D eigenvalue weighted by molar-refractivity contribution is 5.86. The third kappa shape index (κ3) is 4.41. The van der Waals surface area contributed by atoms with Gasteiger partial charge in [0.2, 0.25) is 0 Å². The predicted molar refractivity (Wildman–Crippen MR) is 86.3 cm³/mol. The van der Waals surface area contributed by atoms with Crippen molar-refractivity contribution in [1.82, 2.24) is 0 Å². The van der Waals surface area contributed by atoms with Crippen molar-refractivity contribution in [2.75, 3.05) is 10.6 Å². The van der Waals surface area contributed by atoms with E-state index >= 15 is 0 Å². The first-order valence-electron chi connectivity index (χ1n) is 7.18. The smallest absolute Gasteiger partial charge is 0.416 e. The molecule has 0 fully saturated rings. The fourth-order valence-corrected chi connectivity index (χ4v) is 2.39. The number of benzene rings is 2. The Bertz CT molecular complexity index is 717. The summed E-state index contributed by atoms with van der Waals surface area (Å²) in [6.45, 7) is 3.92. The molecule has 0 heterocycles. The van der Waals surface area contributed by atoms with Gasteiger partial charge in [-0.1, -0.05) is 12.1 Å². The Labute approximate surface area is 137 Å².